The highest BCUT2D eigenvalue weighted by Gasteiger charge is 2.25. The van der Waals surface area contributed by atoms with Gasteiger partial charge in [-0.15, -0.1) is 0 Å². The molecule has 0 aliphatic carbocycles. The summed E-state index contributed by atoms with van der Waals surface area (Å²) < 4.78 is 0. The fraction of sp³-hybridized carbons (Fsp3) is 0.905. The van der Waals surface area contributed by atoms with Crippen molar-refractivity contribution in [1.29, 1.82) is 0 Å². The molecular weight excluding hydrogens is 328 g/mol. The van der Waals surface area contributed by atoms with Crippen LogP contribution in [0.4, 0.5) is 0 Å². The normalized spacial score (nSPS) is 12.3. The summed E-state index contributed by atoms with van der Waals surface area (Å²) in [6.45, 7) is 11.5. The number of hydrogen-bond donors (Lipinski definition) is 1. The number of amides is 1. The van der Waals surface area contributed by atoms with Gasteiger partial charge in [0.05, 0.1) is 0 Å². The lowest BCUT2D eigenvalue weighted by Crippen LogP contribution is -2.43. The standard InChI is InChI=1S/C21H42N2O3/c1-5-9-12-13-18-22(8-4)19(21(25)26)14-15-20(24)23(16-10-6-2)17-11-7-3/h19H,5-18H2,1-4H3,(H,25,26)/t19-/m0/s1. The van der Waals surface area contributed by atoms with Crippen LogP contribution in [0.25, 0.3) is 0 Å². The van der Waals surface area contributed by atoms with Gasteiger partial charge >= 0.3 is 5.97 Å². The molecule has 0 aromatic carbocycles. The Labute approximate surface area is 161 Å². The zero-order valence-corrected chi connectivity index (χ0v) is 17.6. The van der Waals surface area contributed by atoms with Crippen LogP contribution < -0.4 is 0 Å². The molecule has 154 valence electrons. The molecule has 0 fully saturated rings. The number of carbonyl (C=O) groups is 2. The first kappa shape index (κ1) is 24.9. The maximum atomic E-state index is 12.6. The number of unbranched alkanes of at least 4 members (excludes halogenated alkanes) is 5. The van der Waals surface area contributed by atoms with Crippen molar-refractivity contribution in [3.05, 3.63) is 0 Å². The SMILES string of the molecule is CCCCCCN(CC)[C@@H](CCC(=O)N(CCCC)CCCC)C(=O)O. The van der Waals surface area contributed by atoms with Crippen molar-refractivity contribution in [3.8, 4) is 0 Å². The van der Waals surface area contributed by atoms with Crippen molar-refractivity contribution in [1.82, 2.24) is 9.80 Å². The van der Waals surface area contributed by atoms with E-state index in [1.54, 1.807) is 0 Å². The number of likely N-dealkylation sites (N-methyl/N-ethyl adjacent to an activating group) is 1. The topological polar surface area (TPSA) is 60.9 Å². The van der Waals surface area contributed by atoms with Crippen LogP contribution in [-0.2, 0) is 9.59 Å². The van der Waals surface area contributed by atoms with Gasteiger partial charge in [0.2, 0.25) is 5.91 Å². The van der Waals surface area contributed by atoms with E-state index in [4.69, 9.17) is 0 Å². The van der Waals surface area contributed by atoms with Gasteiger partial charge in [0.15, 0.2) is 0 Å². The molecular formula is C21H42N2O3. The van der Waals surface area contributed by atoms with E-state index in [0.29, 0.717) is 19.4 Å². The lowest BCUT2D eigenvalue weighted by molar-refractivity contribution is -0.144. The molecule has 0 unspecified atom stereocenters. The molecule has 1 amide bonds. The molecule has 0 saturated heterocycles. The average molecular weight is 371 g/mol. The van der Waals surface area contributed by atoms with E-state index >= 15 is 0 Å². The molecule has 0 aromatic rings. The van der Waals surface area contributed by atoms with E-state index in [2.05, 4.69) is 20.8 Å². The Hall–Kier alpha value is -1.10. The van der Waals surface area contributed by atoms with Crippen molar-refractivity contribution in [2.75, 3.05) is 26.2 Å². The number of carboxylic acids is 1. The number of aliphatic carboxylic acids is 1. The second-order valence-electron chi connectivity index (χ2n) is 7.17. The molecule has 5 heteroatoms. The van der Waals surface area contributed by atoms with Gasteiger partial charge in [-0.3, -0.25) is 14.5 Å². The van der Waals surface area contributed by atoms with Gasteiger partial charge in [-0.05, 0) is 38.8 Å². The van der Waals surface area contributed by atoms with Crippen LogP contribution in [0.1, 0.15) is 91.9 Å². The third-order valence-corrected chi connectivity index (χ3v) is 4.98. The minimum atomic E-state index is -0.802. The van der Waals surface area contributed by atoms with Crippen LogP contribution in [0.3, 0.4) is 0 Å². The summed E-state index contributed by atoms with van der Waals surface area (Å²) in [5, 5.41) is 9.65. The summed E-state index contributed by atoms with van der Waals surface area (Å²) in [7, 11) is 0. The predicted molar refractivity (Wildman–Crippen MR) is 108 cm³/mol. The predicted octanol–water partition coefficient (Wildman–Crippen LogP) is 4.55. The number of nitrogens with zero attached hydrogens (tertiary/aromatic N) is 2. The summed E-state index contributed by atoms with van der Waals surface area (Å²) in [5.41, 5.74) is 0. The number of hydrogen-bond acceptors (Lipinski definition) is 3. The first-order valence-electron chi connectivity index (χ1n) is 10.8. The van der Waals surface area contributed by atoms with Crippen molar-refractivity contribution < 1.29 is 14.7 Å². The highest BCUT2D eigenvalue weighted by molar-refractivity contribution is 5.78. The molecule has 5 nitrogen and oxygen atoms in total. The number of carboxylic acid groups (broad SMARTS) is 1. The Kier molecular flexibility index (Phi) is 15.4. The Morgan fingerprint density at radius 3 is 1.85 bits per heavy atom. The molecule has 0 radical (unpaired) electrons. The summed E-state index contributed by atoms with van der Waals surface area (Å²) in [6.07, 6.45) is 9.42. The molecule has 0 heterocycles. The molecule has 0 rings (SSSR count). The minimum Gasteiger partial charge on any atom is -0.480 e. The molecule has 0 aliphatic heterocycles. The van der Waals surface area contributed by atoms with E-state index in [9.17, 15) is 14.7 Å². The molecule has 0 bridgehead atoms. The Morgan fingerprint density at radius 2 is 1.38 bits per heavy atom. The van der Waals surface area contributed by atoms with E-state index in [0.717, 1.165) is 58.2 Å². The zero-order valence-electron chi connectivity index (χ0n) is 17.6. The summed E-state index contributed by atoms with van der Waals surface area (Å²) in [5.74, 6) is -0.691. The monoisotopic (exact) mass is 370 g/mol. The fourth-order valence-corrected chi connectivity index (χ4v) is 3.22. The van der Waals surface area contributed by atoms with Crippen LogP contribution in [0.5, 0.6) is 0 Å². The zero-order chi connectivity index (χ0) is 19.8. The van der Waals surface area contributed by atoms with E-state index in [-0.39, 0.29) is 5.91 Å². The highest BCUT2D eigenvalue weighted by Crippen LogP contribution is 2.13. The average Bonchev–Trinajstić information content (AvgIpc) is 2.63. The van der Waals surface area contributed by atoms with Crippen LogP contribution in [0.15, 0.2) is 0 Å². The van der Waals surface area contributed by atoms with E-state index in [1.807, 2.05) is 16.7 Å². The van der Waals surface area contributed by atoms with Gasteiger partial charge in [-0.2, -0.15) is 0 Å². The van der Waals surface area contributed by atoms with E-state index in [1.165, 1.54) is 12.8 Å². The van der Waals surface area contributed by atoms with Gasteiger partial charge < -0.3 is 10.0 Å². The first-order chi connectivity index (χ1) is 12.5. The van der Waals surface area contributed by atoms with Crippen LogP contribution in [0.2, 0.25) is 0 Å². The Morgan fingerprint density at radius 1 is 0.808 bits per heavy atom. The Bertz CT molecular complexity index is 366. The van der Waals surface area contributed by atoms with Crippen molar-refractivity contribution >= 4 is 11.9 Å². The van der Waals surface area contributed by atoms with Crippen molar-refractivity contribution in [2.24, 2.45) is 0 Å². The summed E-state index contributed by atoms with van der Waals surface area (Å²) in [6, 6.07) is -0.551. The largest absolute Gasteiger partial charge is 0.480 e. The first-order valence-corrected chi connectivity index (χ1v) is 10.8. The van der Waals surface area contributed by atoms with Gasteiger partial charge in [0.25, 0.3) is 0 Å². The highest BCUT2D eigenvalue weighted by atomic mass is 16.4. The molecule has 0 aliphatic rings. The van der Waals surface area contributed by atoms with Crippen molar-refractivity contribution in [2.45, 2.75) is 97.9 Å². The van der Waals surface area contributed by atoms with Gasteiger partial charge in [-0.1, -0.05) is 59.8 Å². The second kappa shape index (κ2) is 16.1. The maximum absolute atomic E-state index is 12.6. The second-order valence-corrected chi connectivity index (χ2v) is 7.17. The van der Waals surface area contributed by atoms with Gasteiger partial charge in [0, 0.05) is 19.5 Å². The summed E-state index contributed by atoms with van der Waals surface area (Å²) >= 11 is 0. The molecule has 0 spiro atoms. The minimum absolute atomic E-state index is 0.111. The summed E-state index contributed by atoms with van der Waals surface area (Å²) in [4.78, 5) is 28.3. The van der Waals surface area contributed by atoms with Crippen molar-refractivity contribution in [3.63, 3.8) is 0 Å². The Balaban J connectivity index is 4.65. The molecule has 1 N–H and O–H groups in total. The maximum Gasteiger partial charge on any atom is 0.320 e. The fourth-order valence-electron chi connectivity index (χ4n) is 3.22. The third kappa shape index (κ3) is 10.8. The third-order valence-electron chi connectivity index (χ3n) is 4.98. The smallest absolute Gasteiger partial charge is 0.320 e. The van der Waals surface area contributed by atoms with Crippen LogP contribution >= 0.6 is 0 Å². The molecule has 1 atom stereocenters. The quantitative estimate of drug-likeness (QED) is 0.382. The number of carbonyl (C=O) groups excluding carboxylic acids is 1. The lowest BCUT2D eigenvalue weighted by atomic mass is 10.1. The van der Waals surface area contributed by atoms with Crippen LogP contribution in [0, 0.1) is 0 Å². The van der Waals surface area contributed by atoms with E-state index < -0.39 is 12.0 Å². The molecule has 0 aromatic heterocycles. The molecule has 0 saturated carbocycles. The lowest BCUT2D eigenvalue weighted by Gasteiger charge is -2.29. The van der Waals surface area contributed by atoms with Gasteiger partial charge in [0.1, 0.15) is 6.04 Å². The number of rotatable bonds is 17. The van der Waals surface area contributed by atoms with Crippen LogP contribution in [-0.4, -0.2) is 59.0 Å². The van der Waals surface area contributed by atoms with Gasteiger partial charge in [-0.25, -0.2) is 0 Å². The molecule has 26 heavy (non-hydrogen) atoms.